The number of nitrogens with one attached hydrogen (secondary N) is 1. The minimum atomic E-state index is 0.0903. The maximum absolute atomic E-state index is 11.6. The Morgan fingerprint density at radius 3 is 3.00 bits per heavy atom. The molecule has 1 aromatic rings. The second-order valence-electron chi connectivity index (χ2n) is 5.80. The largest absolute Gasteiger partial charge is 0.493 e. The van der Waals surface area contributed by atoms with Gasteiger partial charge in [-0.3, -0.25) is 4.79 Å². The minimum absolute atomic E-state index is 0.0903. The highest BCUT2D eigenvalue weighted by molar-refractivity contribution is 5.76. The Hall–Kier alpha value is -1.55. The van der Waals surface area contributed by atoms with Crippen molar-refractivity contribution in [3.05, 3.63) is 29.3 Å². The van der Waals surface area contributed by atoms with Crippen LogP contribution in [0.2, 0.25) is 0 Å². The number of aryl methyl sites for hydroxylation is 1. The Morgan fingerprint density at radius 2 is 2.20 bits per heavy atom. The molecule has 0 heterocycles. The fourth-order valence-corrected chi connectivity index (χ4v) is 2.71. The number of benzene rings is 1. The third-order valence-electron chi connectivity index (χ3n) is 4.02. The normalized spacial score (nSPS) is 21.1. The van der Waals surface area contributed by atoms with Crippen LogP contribution >= 0.6 is 0 Å². The molecule has 108 valence electrons. The Balaban J connectivity index is 1.51. The van der Waals surface area contributed by atoms with Crippen LogP contribution in [0.25, 0.3) is 0 Å². The van der Waals surface area contributed by atoms with Gasteiger partial charge in [-0.05, 0) is 55.4 Å². The number of amides is 1. The van der Waals surface area contributed by atoms with E-state index in [4.69, 9.17) is 10.5 Å². The van der Waals surface area contributed by atoms with Crippen LogP contribution in [0.5, 0.6) is 5.75 Å². The summed E-state index contributed by atoms with van der Waals surface area (Å²) < 4.78 is 5.68. The molecule has 0 aliphatic heterocycles. The highest BCUT2D eigenvalue weighted by Gasteiger charge is 2.23. The second-order valence-corrected chi connectivity index (χ2v) is 5.80. The summed E-state index contributed by atoms with van der Waals surface area (Å²) in [5.41, 5.74) is 8.64. The maximum Gasteiger partial charge on any atom is 0.223 e. The van der Waals surface area contributed by atoms with Gasteiger partial charge in [-0.2, -0.15) is 0 Å². The number of carbonyl (C=O) groups is 1. The Kier molecular flexibility index (Phi) is 3.92. The van der Waals surface area contributed by atoms with Gasteiger partial charge in [0.15, 0.2) is 0 Å². The van der Waals surface area contributed by atoms with Crippen LogP contribution in [0.4, 0.5) is 0 Å². The first-order chi connectivity index (χ1) is 9.72. The van der Waals surface area contributed by atoms with E-state index >= 15 is 0 Å². The molecule has 1 aromatic carbocycles. The predicted molar refractivity (Wildman–Crippen MR) is 77.6 cm³/mol. The van der Waals surface area contributed by atoms with E-state index in [1.54, 1.807) is 0 Å². The van der Waals surface area contributed by atoms with Crippen molar-refractivity contribution < 1.29 is 9.53 Å². The molecular formula is C16H22N2O2. The Bertz CT molecular complexity index is 497. The number of hydrogen-bond acceptors (Lipinski definition) is 3. The van der Waals surface area contributed by atoms with E-state index in [-0.39, 0.29) is 11.9 Å². The topological polar surface area (TPSA) is 64.3 Å². The van der Waals surface area contributed by atoms with Crippen molar-refractivity contribution in [3.8, 4) is 5.75 Å². The number of fused-ring (bicyclic) bond motifs is 1. The van der Waals surface area contributed by atoms with Crippen LogP contribution in [-0.2, 0) is 11.2 Å². The minimum Gasteiger partial charge on any atom is -0.493 e. The van der Waals surface area contributed by atoms with Crippen molar-refractivity contribution in [1.29, 1.82) is 0 Å². The van der Waals surface area contributed by atoms with Gasteiger partial charge in [0.05, 0.1) is 13.0 Å². The van der Waals surface area contributed by atoms with Crippen molar-refractivity contribution in [3.63, 3.8) is 0 Å². The summed E-state index contributed by atoms with van der Waals surface area (Å²) in [4.78, 5) is 11.6. The molecule has 0 saturated heterocycles. The maximum atomic E-state index is 11.6. The van der Waals surface area contributed by atoms with Gasteiger partial charge in [0.2, 0.25) is 5.91 Å². The first-order valence-corrected chi connectivity index (χ1v) is 7.53. The van der Waals surface area contributed by atoms with Gasteiger partial charge in [-0.15, -0.1) is 0 Å². The summed E-state index contributed by atoms with van der Waals surface area (Å²) in [6.45, 7) is 0.434. The molecule has 0 spiro atoms. The summed E-state index contributed by atoms with van der Waals surface area (Å²) in [7, 11) is 0. The fraction of sp³-hybridized carbons (Fsp3) is 0.562. The molecule has 20 heavy (non-hydrogen) atoms. The molecule has 1 fully saturated rings. The van der Waals surface area contributed by atoms with Crippen LogP contribution in [0, 0.1) is 0 Å². The van der Waals surface area contributed by atoms with Gasteiger partial charge in [0.1, 0.15) is 5.75 Å². The van der Waals surface area contributed by atoms with Crippen molar-refractivity contribution in [1.82, 2.24) is 5.32 Å². The lowest BCUT2D eigenvalue weighted by Gasteiger charge is -2.22. The fourth-order valence-electron chi connectivity index (χ4n) is 2.71. The van der Waals surface area contributed by atoms with E-state index in [1.807, 2.05) is 6.07 Å². The first kappa shape index (κ1) is 13.4. The molecule has 1 unspecified atom stereocenters. The van der Waals surface area contributed by atoms with Crippen LogP contribution < -0.4 is 15.8 Å². The standard InChI is InChI=1S/C16H22N2O2/c17-15-3-1-2-11-10-13(6-7-14(11)15)20-9-8-16(19)18-12-4-5-12/h6-7,10,12,15H,1-5,8-9,17H2,(H,18,19). The summed E-state index contributed by atoms with van der Waals surface area (Å²) in [5.74, 6) is 0.935. The van der Waals surface area contributed by atoms with Crippen LogP contribution in [0.3, 0.4) is 0 Å². The van der Waals surface area contributed by atoms with Crippen molar-refractivity contribution >= 4 is 5.91 Å². The molecule has 1 saturated carbocycles. The number of hydrogen-bond donors (Lipinski definition) is 2. The number of ether oxygens (including phenoxy) is 1. The lowest BCUT2D eigenvalue weighted by atomic mass is 9.88. The molecule has 3 rings (SSSR count). The van der Waals surface area contributed by atoms with Crippen LogP contribution in [0.1, 0.15) is 49.3 Å². The molecule has 4 nitrogen and oxygen atoms in total. The molecular weight excluding hydrogens is 252 g/mol. The van der Waals surface area contributed by atoms with E-state index in [2.05, 4.69) is 17.4 Å². The molecule has 0 bridgehead atoms. The molecule has 0 radical (unpaired) electrons. The van der Waals surface area contributed by atoms with E-state index < -0.39 is 0 Å². The molecule has 0 aromatic heterocycles. The number of rotatable bonds is 5. The highest BCUT2D eigenvalue weighted by atomic mass is 16.5. The van der Waals surface area contributed by atoms with Crippen molar-refractivity contribution in [2.75, 3.05) is 6.61 Å². The van der Waals surface area contributed by atoms with Crippen LogP contribution in [0.15, 0.2) is 18.2 Å². The van der Waals surface area contributed by atoms with Gasteiger partial charge in [-0.1, -0.05) is 6.07 Å². The zero-order chi connectivity index (χ0) is 13.9. The molecule has 2 aliphatic carbocycles. The Labute approximate surface area is 119 Å². The van der Waals surface area contributed by atoms with Crippen molar-refractivity contribution in [2.24, 2.45) is 5.73 Å². The quantitative estimate of drug-likeness (QED) is 0.864. The van der Waals surface area contributed by atoms with Crippen molar-refractivity contribution in [2.45, 2.75) is 50.6 Å². The molecule has 1 atom stereocenters. The predicted octanol–water partition coefficient (Wildman–Crippen LogP) is 2.07. The zero-order valence-electron chi connectivity index (χ0n) is 11.7. The van der Waals surface area contributed by atoms with E-state index in [9.17, 15) is 4.79 Å². The van der Waals surface area contributed by atoms with E-state index in [0.717, 1.165) is 37.9 Å². The van der Waals surface area contributed by atoms with Crippen LogP contribution in [-0.4, -0.2) is 18.6 Å². The molecule has 1 amide bonds. The lowest BCUT2D eigenvalue weighted by molar-refractivity contribution is -0.121. The average molecular weight is 274 g/mol. The summed E-state index contributed by atoms with van der Waals surface area (Å²) in [5, 5.41) is 2.96. The molecule has 4 heteroatoms. The number of nitrogens with two attached hydrogens (primary N) is 1. The zero-order valence-corrected chi connectivity index (χ0v) is 11.7. The molecule has 3 N–H and O–H groups in total. The van der Waals surface area contributed by atoms with Gasteiger partial charge in [0.25, 0.3) is 0 Å². The first-order valence-electron chi connectivity index (χ1n) is 7.53. The summed E-state index contributed by atoms with van der Waals surface area (Å²) in [6.07, 6.45) is 5.95. The monoisotopic (exact) mass is 274 g/mol. The smallest absolute Gasteiger partial charge is 0.223 e. The third-order valence-corrected chi connectivity index (χ3v) is 4.02. The average Bonchev–Trinajstić information content (AvgIpc) is 3.23. The lowest BCUT2D eigenvalue weighted by Crippen LogP contribution is -2.26. The Morgan fingerprint density at radius 1 is 1.35 bits per heavy atom. The van der Waals surface area contributed by atoms with Gasteiger partial charge < -0.3 is 15.8 Å². The molecule has 2 aliphatic rings. The third kappa shape index (κ3) is 3.31. The van der Waals surface area contributed by atoms with Gasteiger partial charge in [0, 0.05) is 12.1 Å². The SMILES string of the molecule is NC1CCCc2cc(OCCC(=O)NC3CC3)ccc21. The number of carbonyl (C=O) groups excluding carboxylic acids is 1. The van der Waals surface area contributed by atoms with Gasteiger partial charge >= 0.3 is 0 Å². The van der Waals surface area contributed by atoms with E-state index in [1.165, 1.54) is 11.1 Å². The van der Waals surface area contributed by atoms with Gasteiger partial charge in [-0.25, -0.2) is 0 Å². The summed E-state index contributed by atoms with van der Waals surface area (Å²) in [6, 6.07) is 6.69. The van der Waals surface area contributed by atoms with E-state index in [0.29, 0.717) is 19.1 Å². The summed E-state index contributed by atoms with van der Waals surface area (Å²) >= 11 is 0. The second kappa shape index (κ2) is 5.83. The highest BCUT2D eigenvalue weighted by Crippen LogP contribution is 2.30.